The molecule has 1 fully saturated rings. The molecule has 1 atom stereocenters. The number of halogens is 1. The molecule has 0 saturated carbocycles. The number of carbonyl (C=O) groups excluding carboxylic acids is 2. The lowest BCUT2D eigenvalue weighted by Crippen LogP contribution is -2.24. The average molecular weight is 269 g/mol. The fourth-order valence-corrected chi connectivity index (χ4v) is 1.98. The minimum absolute atomic E-state index is 0.104. The first-order valence-electron chi connectivity index (χ1n) is 5.51. The molecule has 5 nitrogen and oxygen atoms in total. The van der Waals surface area contributed by atoms with Gasteiger partial charge in [0.25, 0.3) is 0 Å². The van der Waals surface area contributed by atoms with Crippen LogP contribution in [0.3, 0.4) is 0 Å². The predicted molar refractivity (Wildman–Crippen MR) is 67.8 cm³/mol. The summed E-state index contributed by atoms with van der Waals surface area (Å²) in [5.74, 6) is -0.131. The van der Waals surface area contributed by atoms with Crippen molar-refractivity contribution in [1.29, 1.82) is 0 Å². The Balaban J connectivity index is 2.11. The molecule has 2 amide bonds. The molecule has 1 heterocycles. The second-order valence-electron chi connectivity index (χ2n) is 4.04. The monoisotopic (exact) mass is 268 g/mol. The number of hydrogen-bond donors (Lipinski definition) is 2. The average Bonchev–Trinajstić information content (AvgIpc) is 2.76. The Bertz CT molecular complexity index is 490. The van der Waals surface area contributed by atoms with E-state index >= 15 is 0 Å². The molecule has 1 unspecified atom stereocenters. The lowest BCUT2D eigenvalue weighted by atomic mass is 10.1. The van der Waals surface area contributed by atoms with Gasteiger partial charge in [0, 0.05) is 18.0 Å². The molecule has 1 aromatic carbocycles. The Hall–Kier alpha value is -1.75. The van der Waals surface area contributed by atoms with Gasteiger partial charge in [0.1, 0.15) is 5.75 Å². The largest absolute Gasteiger partial charge is 0.495 e. The molecule has 1 aliphatic heterocycles. The molecule has 6 heteroatoms. The first kappa shape index (κ1) is 12.7. The van der Waals surface area contributed by atoms with Crippen LogP contribution in [0.4, 0.5) is 5.69 Å². The van der Waals surface area contributed by atoms with Gasteiger partial charge in [0.15, 0.2) is 0 Å². The highest BCUT2D eigenvalue weighted by atomic mass is 35.5. The summed E-state index contributed by atoms with van der Waals surface area (Å²) in [5, 5.41) is 5.85. The molecule has 2 rings (SSSR count). The number of ether oxygens (including phenoxy) is 1. The van der Waals surface area contributed by atoms with Crippen molar-refractivity contribution in [3.05, 3.63) is 23.2 Å². The number of benzene rings is 1. The zero-order valence-electron chi connectivity index (χ0n) is 9.83. The van der Waals surface area contributed by atoms with Crippen LogP contribution in [0, 0.1) is 5.92 Å². The van der Waals surface area contributed by atoms with Gasteiger partial charge < -0.3 is 15.4 Å². The van der Waals surface area contributed by atoms with Gasteiger partial charge in [0.05, 0.1) is 18.7 Å². The van der Waals surface area contributed by atoms with E-state index in [1.807, 2.05) is 0 Å². The molecule has 1 saturated heterocycles. The van der Waals surface area contributed by atoms with E-state index in [9.17, 15) is 9.59 Å². The predicted octanol–water partition coefficient (Wildman–Crippen LogP) is 1.42. The number of hydrogen-bond acceptors (Lipinski definition) is 3. The maximum absolute atomic E-state index is 11.9. The first-order chi connectivity index (χ1) is 8.60. The van der Waals surface area contributed by atoms with Gasteiger partial charge in [-0.25, -0.2) is 0 Å². The molecule has 2 N–H and O–H groups in total. The summed E-state index contributed by atoms with van der Waals surface area (Å²) in [4.78, 5) is 23.0. The summed E-state index contributed by atoms with van der Waals surface area (Å²) < 4.78 is 5.13. The highest BCUT2D eigenvalue weighted by Gasteiger charge is 2.28. The maximum Gasteiger partial charge on any atom is 0.229 e. The Labute approximate surface area is 109 Å². The molecular formula is C12H13ClN2O3. The van der Waals surface area contributed by atoms with E-state index < -0.39 is 0 Å². The van der Waals surface area contributed by atoms with Crippen LogP contribution in [-0.2, 0) is 9.59 Å². The van der Waals surface area contributed by atoms with Crippen LogP contribution in [0.25, 0.3) is 0 Å². The second kappa shape index (κ2) is 5.27. The van der Waals surface area contributed by atoms with E-state index in [4.69, 9.17) is 16.3 Å². The Morgan fingerprint density at radius 1 is 1.56 bits per heavy atom. The molecule has 0 bridgehead atoms. The summed E-state index contributed by atoms with van der Waals surface area (Å²) in [6.45, 7) is 0.369. The molecule has 1 aliphatic rings. The van der Waals surface area contributed by atoms with Gasteiger partial charge in [-0.3, -0.25) is 9.59 Å². The van der Waals surface area contributed by atoms with Crippen LogP contribution in [0.1, 0.15) is 6.42 Å². The lowest BCUT2D eigenvalue weighted by molar-refractivity contribution is -0.123. The van der Waals surface area contributed by atoms with Crippen LogP contribution in [0.2, 0.25) is 5.02 Å². The fourth-order valence-electron chi connectivity index (χ4n) is 1.80. The molecule has 0 aromatic heterocycles. The third-order valence-corrected chi connectivity index (χ3v) is 3.00. The van der Waals surface area contributed by atoms with Gasteiger partial charge in [-0.05, 0) is 18.2 Å². The minimum atomic E-state index is -0.346. The van der Waals surface area contributed by atoms with Gasteiger partial charge in [-0.2, -0.15) is 0 Å². The van der Waals surface area contributed by atoms with Crippen molar-refractivity contribution >= 4 is 29.1 Å². The Morgan fingerprint density at radius 3 is 2.94 bits per heavy atom. The highest BCUT2D eigenvalue weighted by Crippen LogP contribution is 2.28. The molecule has 1 aromatic rings. The van der Waals surface area contributed by atoms with Crippen molar-refractivity contribution in [1.82, 2.24) is 5.32 Å². The van der Waals surface area contributed by atoms with Crippen LogP contribution >= 0.6 is 11.6 Å². The number of methoxy groups -OCH3 is 1. The number of nitrogens with one attached hydrogen (secondary N) is 2. The van der Waals surface area contributed by atoms with Gasteiger partial charge >= 0.3 is 0 Å². The molecular weight excluding hydrogens is 256 g/mol. The summed E-state index contributed by atoms with van der Waals surface area (Å²) >= 11 is 5.87. The first-order valence-corrected chi connectivity index (χ1v) is 5.89. The van der Waals surface area contributed by atoms with Crippen LogP contribution in [-0.4, -0.2) is 25.5 Å². The number of anilines is 1. The number of carbonyl (C=O) groups is 2. The van der Waals surface area contributed by atoms with Crippen molar-refractivity contribution in [3.8, 4) is 5.75 Å². The van der Waals surface area contributed by atoms with E-state index in [1.54, 1.807) is 18.2 Å². The molecule has 0 aliphatic carbocycles. The fraction of sp³-hybridized carbons (Fsp3) is 0.333. The molecule has 96 valence electrons. The van der Waals surface area contributed by atoms with E-state index in [1.165, 1.54) is 7.11 Å². The topological polar surface area (TPSA) is 67.4 Å². The highest BCUT2D eigenvalue weighted by molar-refractivity contribution is 6.31. The summed E-state index contributed by atoms with van der Waals surface area (Å²) in [7, 11) is 1.51. The lowest BCUT2D eigenvalue weighted by Gasteiger charge is -2.12. The standard InChI is InChI=1S/C12H13ClN2O3/c1-18-10-3-2-8(13)5-9(10)15-12(17)7-4-11(16)14-6-7/h2-3,5,7H,4,6H2,1H3,(H,14,16)(H,15,17). The minimum Gasteiger partial charge on any atom is -0.495 e. The summed E-state index contributed by atoms with van der Waals surface area (Å²) in [6, 6.07) is 4.97. The second-order valence-corrected chi connectivity index (χ2v) is 4.48. The smallest absolute Gasteiger partial charge is 0.229 e. The van der Waals surface area contributed by atoms with Crippen molar-refractivity contribution in [2.24, 2.45) is 5.92 Å². The zero-order valence-corrected chi connectivity index (χ0v) is 10.6. The van der Waals surface area contributed by atoms with Crippen LogP contribution < -0.4 is 15.4 Å². The molecule has 18 heavy (non-hydrogen) atoms. The van der Waals surface area contributed by atoms with Crippen LogP contribution in [0.15, 0.2) is 18.2 Å². The number of rotatable bonds is 3. The molecule has 0 spiro atoms. The zero-order chi connectivity index (χ0) is 13.1. The van der Waals surface area contributed by atoms with Gasteiger partial charge in [-0.15, -0.1) is 0 Å². The van der Waals surface area contributed by atoms with E-state index in [0.29, 0.717) is 23.0 Å². The van der Waals surface area contributed by atoms with Crippen LogP contribution in [0.5, 0.6) is 5.75 Å². The van der Waals surface area contributed by atoms with E-state index in [0.717, 1.165) is 0 Å². The maximum atomic E-state index is 11.9. The Kier molecular flexibility index (Phi) is 3.72. The van der Waals surface area contributed by atoms with Gasteiger partial charge in [0.2, 0.25) is 11.8 Å². The summed E-state index contributed by atoms with van der Waals surface area (Å²) in [6.07, 6.45) is 0.217. The normalized spacial score (nSPS) is 18.3. The SMILES string of the molecule is COc1ccc(Cl)cc1NC(=O)C1CNC(=O)C1. The quantitative estimate of drug-likeness (QED) is 0.871. The summed E-state index contributed by atoms with van der Waals surface area (Å²) in [5.41, 5.74) is 0.509. The van der Waals surface area contributed by atoms with E-state index in [-0.39, 0.29) is 24.2 Å². The third kappa shape index (κ3) is 2.73. The van der Waals surface area contributed by atoms with E-state index in [2.05, 4.69) is 10.6 Å². The number of amides is 2. The van der Waals surface area contributed by atoms with Crippen molar-refractivity contribution in [3.63, 3.8) is 0 Å². The van der Waals surface area contributed by atoms with Crippen molar-refractivity contribution in [2.45, 2.75) is 6.42 Å². The third-order valence-electron chi connectivity index (χ3n) is 2.77. The molecule has 0 radical (unpaired) electrons. The van der Waals surface area contributed by atoms with Crippen molar-refractivity contribution < 1.29 is 14.3 Å². The van der Waals surface area contributed by atoms with Gasteiger partial charge in [-0.1, -0.05) is 11.6 Å². The van der Waals surface area contributed by atoms with Crippen molar-refractivity contribution in [2.75, 3.05) is 19.0 Å². The Morgan fingerprint density at radius 2 is 2.33 bits per heavy atom.